The first-order valence-corrected chi connectivity index (χ1v) is 11.4. The lowest BCUT2D eigenvalue weighted by Gasteiger charge is -2.39. The van der Waals surface area contributed by atoms with Gasteiger partial charge >= 0.3 is 11.9 Å². The highest BCUT2D eigenvalue weighted by atomic mass is 79.9. The fourth-order valence-electron chi connectivity index (χ4n) is 5.73. The van der Waals surface area contributed by atoms with Crippen molar-refractivity contribution in [2.75, 3.05) is 0 Å². The zero-order valence-electron chi connectivity index (χ0n) is 17.6. The smallest absolute Gasteiger partial charge is 0.327 e. The summed E-state index contributed by atoms with van der Waals surface area (Å²) in [6.45, 7) is 10.3. The number of alkyl halides is 1. The first-order chi connectivity index (χ1) is 13.5. The Morgan fingerprint density at radius 2 is 1.83 bits per heavy atom. The summed E-state index contributed by atoms with van der Waals surface area (Å²) in [5, 5.41) is 10.3. The van der Waals surface area contributed by atoms with Gasteiger partial charge in [0.25, 0.3) is 0 Å². The zero-order valence-corrected chi connectivity index (χ0v) is 19.2. The topological polar surface area (TPSA) is 91.3 Å². The molecule has 1 spiro atoms. The van der Waals surface area contributed by atoms with E-state index in [4.69, 9.17) is 18.9 Å². The molecule has 2 heterocycles. The van der Waals surface area contributed by atoms with Crippen molar-refractivity contribution in [3.63, 3.8) is 0 Å². The van der Waals surface area contributed by atoms with Gasteiger partial charge in [-0.05, 0) is 44.4 Å². The number of aliphatic hydroxyl groups is 1. The highest BCUT2D eigenvalue weighted by Crippen LogP contribution is 2.77. The molecule has 4 aliphatic rings. The second kappa shape index (κ2) is 7.18. The quantitative estimate of drug-likeness (QED) is 0.483. The van der Waals surface area contributed by atoms with Crippen molar-refractivity contribution in [1.29, 1.82) is 0 Å². The van der Waals surface area contributed by atoms with E-state index in [2.05, 4.69) is 36.7 Å². The minimum absolute atomic E-state index is 0.0493. The Balaban J connectivity index is 1.63. The lowest BCUT2D eigenvalue weighted by molar-refractivity contribution is -0.219. The van der Waals surface area contributed by atoms with Gasteiger partial charge in [0.1, 0.15) is 11.5 Å². The van der Waals surface area contributed by atoms with Crippen molar-refractivity contribution in [2.45, 2.75) is 89.1 Å². The Hall–Kier alpha value is -0.700. The molecule has 0 amide bonds. The lowest BCUT2D eigenvalue weighted by Crippen LogP contribution is -2.46. The summed E-state index contributed by atoms with van der Waals surface area (Å²) in [5.41, 5.74) is -1.33. The monoisotopic (exact) mass is 474 g/mol. The summed E-state index contributed by atoms with van der Waals surface area (Å²) < 4.78 is 21.8. The number of esters is 2. The molecule has 0 radical (unpaired) electrons. The maximum Gasteiger partial charge on any atom is 0.327 e. The van der Waals surface area contributed by atoms with Crippen LogP contribution in [0.1, 0.15) is 53.9 Å². The van der Waals surface area contributed by atoms with Crippen molar-refractivity contribution in [2.24, 2.45) is 29.1 Å². The number of hydrogen-bond acceptors (Lipinski definition) is 7. The number of fused-ring (bicyclic) bond motifs is 3. The molecule has 9 atom stereocenters. The second-order valence-corrected chi connectivity index (χ2v) is 11.0. The molecule has 4 rings (SSSR count). The van der Waals surface area contributed by atoms with E-state index in [1.165, 1.54) is 0 Å². The van der Waals surface area contributed by atoms with Gasteiger partial charge in [-0.1, -0.05) is 43.1 Å². The minimum atomic E-state index is -1.37. The van der Waals surface area contributed by atoms with Crippen molar-refractivity contribution < 1.29 is 33.6 Å². The SMILES string of the molecule is CC(C)O[C@H]1[C@H](O[C@@H]2C[C@H](C)CC[C@H]2C(C)C)OC(=O)[C@@]12[C@H]1[C@H](O)OC(=O)[C@]12Br. The number of carbonyl (C=O) groups is 2. The molecule has 0 aromatic carbocycles. The molecule has 1 N–H and O–H groups in total. The summed E-state index contributed by atoms with van der Waals surface area (Å²) in [6, 6.07) is 0. The second-order valence-electron chi connectivity index (χ2n) is 9.73. The van der Waals surface area contributed by atoms with E-state index >= 15 is 0 Å². The maximum atomic E-state index is 13.1. The Morgan fingerprint density at radius 1 is 1.14 bits per heavy atom. The number of rotatable bonds is 5. The molecule has 164 valence electrons. The molecule has 8 heteroatoms. The van der Waals surface area contributed by atoms with Crippen molar-refractivity contribution in [3.8, 4) is 0 Å². The van der Waals surface area contributed by atoms with Crippen LogP contribution in [0.4, 0.5) is 0 Å². The van der Waals surface area contributed by atoms with Crippen molar-refractivity contribution in [1.82, 2.24) is 0 Å². The predicted octanol–water partition coefficient (Wildman–Crippen LogP) is 2.77. The average Bonchev–Trinajstić information content (AvgIpc) is 3.00. The van der Waals surface area contributed by atoms with Crippen LogP contribution in [0.5, 0.6) is 0 Å². The highest BCUT2D eigenvalue weighted by molar-refractivity contribution is 9.10. The van der Waals surface area contributed by atoms with E-state index in [-0.39, 0.29) is 12.2 Å². The first kappa shape index (κ1) is 21.5. The number of carbonyl (C=O) groups excluding carboxylic acids is 2. The third kappa shape index (κ3) is 2.92. The normalized spacial score (nSPS) is 48.9. The van der Waals surface area contributed by atoms with E-state index in [1.807, 2.05) is 13.8 Å². The molecule has 0 aromatic heterocycles. The average molecular weight is 475 g/mol. The summed E-state index contributed by atoms with van der Waals surface area (Å²) >= 11 is 3.40. The van der Waals surface area contributed by atoms with E-state index < -0.39 is 46.3 Å². The molecule has 2 saturated carbocycles. The molecule has 0 unspecified atom stereocenters. The number of cyclic esters (lactones) is 2. The molecule has 29 heavy (non-hydrogen) atoms. The van der Waals surface area contributed by atoms with E-state index in [1.54, 1.807) is 0 Å². The standard InChI is InChI=1S/C21H31BrO7/c1-9(2)12-7-6-11(5)8-13(12)27-17-15(26-10(3)4)20(18(24)29-17)14-16(23)28-19(25)21(14,20)22/h9-17,23H,6-8H2,1-5H3/t11-,12+,13-,14-,15+,16-,17-,20-,21-/m1/s1. The molecular formula is C21H31BrO7. The van der Waals surface area contributed by atoms with Crippen LogP contribution in [0.3, 0.4) is 0 Å². The number of aliphatic hydroxyl groups excluding tert-OH is 1. The number of ether oxygens (including phenoxy) is 4. The molecule has 4 fully saturated rings. The van der Waals surface area contributed by atoms with Gasteiger partial charge in [-0.3, -0.25) is 9.59 Å². The van der Waals surface area contributed by atoms with Crippen molar-refractivity contribution >= 4 is 27.9 Å². The van der Waals surface area contributed by atoms with E-state index in [9.17, 15) is 14.7 Å². The zero-order chi connectivity index (χ0) is 21.3. The van der Waals surface area contributed by atoms with Gasteiger partial charge in [-0.2, -0.15) is 0 Å². The summed E-state index contributed by atoms with van der Waals surface area (Å²) in [5.74, 6) is -0.633. The molecular weight excluding hydrogens is 444 g/mol. The lowest BCUT2D eigenvalue weighted by atomic mass is 9.75. The number of halogens is 1. The highest BCUT2D eigenvalue weighted by Gasteiger charge is 2.96. The predicted molar refractivity (Wildman–Crippen MR) is 106 cm³/mol. The van der Waals surface area contributed by atoms with Gasteiger partial charge in [0, 0.05) is 0 Å². The third-order valence-corrected chi connectivity index (χ3v) is 8.67. The van der Waals surface area contributed by atoms with Crippen LogP contribution in [0.15, 0.2) is 0 Å². The molecule has 0 bridgehead atoms. The Bertz CT molecular complexity index is 697. The van der Waals surface area contributed by atoms with Gasteiger partial charge < -0.3 is 24.1 Å². The van der Waals surface area contributed by atoms with E-state index in [0.29, 0.717) is 17.8 Å². The minimum Gasteiger partial charge on any atom is -0.434 e. The Labute approximate surface area is 179 Å². The van der Waals surface area contributed by atoms with Gasteiger partial charge in [0.15, 0.2) is 4.32 Å². The van der Waals surface area contributed by atoms with Gasteiger partial charge in [-0.25, -0.2) is 0 Å². The van der Waals surface area contributed by atoms with Crippen molar-refractivity contribution in [3.05, 3.63) is 0 Å². The molecule has 0 aromatic rings. The van der Waals surface area contributed by atoms with Crippen LogP contribution in [-0.4, -0.2) is 52.3 Å². The fourth-order valence-corrected chi connectivity index (χ4v) is 6.93. The maximum absolute atomic E-state index is 13.1. The number of hydrogen-bond donors (Lipinski definition) is 1. The summed E-state index contributed by atoms with van der Waals surface area (Å²) in [4.78, 5) is 25.5. The fraction of sp³-hybridized carbons (Fsp3) is 0.905. The van der Waals surface area contributed by atoms with Gasteiger partial charge in [-0.15, -0.1) is 0 Å². The summed E-state index contributed by atoms with van der Waals surface area (Å²) in [7, 11) is 0. The van der Waals surface area contributed by atoms with E-state index in [0.717, 1.165) is 19.3 Å². The molecule has 2 aliphatic carbocycles. The first-order valence-electron chi connectivity index (χ1n) is 10.6. The van der Waals surface area contributed by atoms with Crippen LogP contribution in [0, 0.1) is 29.1 Å². The van der Waals surface area contributed by atoms with Crippen LogP contribution in [0.2, 0.25) is 0 Å². The van der Waals surface area contributed by atoms with Gasteiger partial charge in [0.05, 0.1) is 18.1 Å². The molecule has 7 nitrogen and oxygen atoms in total. The third-order valence-electron chi connectivity index (χ3n) is 7.19. The van der Waals surface area contributed by atoms with Crippen LogP contribution < -0.4 is 0 Å². The van der Waals surface area contributed by atoms with Crippen LogP contribution in [-0.2, 0) is 28.5 Å². The van der Waals surface area contributed by atoms with Crippen LogP contribution in [0.25, 0.3) is 0 Å². The van der Waals surface area contributed by atoms with Gasteiger partial charge in [0.2, 0.25) is 12.6 Å². The molecule has 2 saturated heterocycles. The summed E-state index contributed by atoms with van der Waals surface area (Å²) in [6.07, 6.45) is -0.223. The Kier molecular flexibility index (Phi) is 5.33. The Morgan fingerprint density at radius 3 is 2.38 bits per heavy atom. The largest absolute Gasteiger partial charge is 0.434 e. The van der Waals surface area contributed by atoms with Crippen LogP contribution >= 0.6 is 15.9 Å². The molecule has 2 aliphatic heterocycles.